The van der Waals surface area contributed by atoms with Gasteiger partial charge in [0.25, 0.3) is 11.8 Å². The zero-order valence-electron chi connectivity index (χ0n) is 17.5. The van der Waals surface area contributed by atoms with Gasteiger partial charge in [0.15, 0.2) is 0 Å². The minimum Gasteiger partial charge on any atom is -0.488 e. The molecule has 8 heteroatoms. The molecule has 0 unspecified atom stereocenters. The zero-order chi connectivity index (χ0) is 23.5. The van der Waals surface area contributed by atoms with E-state index in [0.29, 0.717) is 20.7 Å². The number of halogens is 2. The molecule has 1 heterocycles. The number of aryl methyl sites for hydroxylation is 1. The predicted molar refractivity (Wildman–Crippen MR) is 125 cm³/mol. The van der Waals surface area contributed by atoms with E-state index in [9.17, 15) is 18.8 Å². The molecular formula is C25H18BrFN2O4. The molecule has 3 aromatic rings. The van der Waals surface area contributed by atoms with Crippen LogP contribution >= 0.6 is 15.9 Å². The molecule has 1 saturated heterocycles. The second kappa shape index (κ2) is 9.38. The van der Waals surface area contributed by atoms with Crippen molar-refractivity contribution < 1.29 is 23.5 Å². The summed E-state index contributed by atoms with van der Waals surface area (Å²) in [6.45, 7) is 2.27. The number of nitrogens with one attached hydrogen (secondary N) is 1. The smallest absolute Gasteiger partial charge is 0.336 e. The number of amides is 4. The van der Waals surface area contributed by atoms with E-state index in [1.807, 2.05) is 31.2 Å². The molecule has 1 N–H and O–H groups in total. The number of hydrogen-bond donors (Lipinski definition) is 1. The monoisotopic (exact) mass is 508 g/mol. The molecule has 0 radical (unpaired) electrons. The number of rotatable bonds is 5. The summed E-state index contributed by atoms with van der Waals surface area (Å²) in [5, 5.41) is 2.09. The van der Waals surface area contributed by atoms with Gasteiger partial charge in [0, 0.05) is 10.0 Å². The fourth-order valence-corrected chi connectivity index (χ4v) is 3.65. The van der Waals surface area contributed by atoms with E-state index in [2.05, 4.69) is 21.2 Å². The van der Waals surface area contributed by atoms with E-state index >= 15 is 0 Å². The van der Waals surface area contributed by atoms with Gasteiger partial charge in [-0.05, 0) is 48.9 Å². The molecule has 0 aliphatic carbocycles. The van der Waals surface area contributed by atoms with Crippen molar-refractivity contribution in [2.24, 2.45) is 0 Å². The van der Waals surface area contributed by atoms with Crippen molar-refractivity contribution in [1.82, 2.24) is 5.32 Å². The van der Waals surface area contributed by atoms with E-state index in [1.165, 1.54) is 24.3 Å². The third-order valence-electron chi connectivity index (χ3n) is 4.98. The average Bonchev–Trinajstić information content (AvgIpc) is 2.78. The van der Waals surface area contributed by atoms with E-state index < -0.39 is 23.7 Å². The van der Waals surface area contributed by atoms with Crippen molar-refractivity contribution in [3.05, 3.63) is 99.3 Å². The normalized spacial score (nSPS) is 15.1. The maximum absolute atomic E-state index is 14.3. The number of hydrogen-bond acceptors (Lipinski definition) is 4. The Labute approximate surface area is 197 Å². The van der Waals surface area contributed by atoms with Gasteiger partial charge in [0.1, 0.15) is 23.7 Å². The Morgan fingerprint density at radius 1 is 1.03 bits per heavy atom. The summed E-state index contributed by atoms with van der Waals surface area (Å²) in [5.41, 5.74) is 1.95. The largest absolute Gasteiger partial charge is 0.488 e. The molecule has 1 aliphatic rings. The molecule has 0 atom stereocenters. The summed E-state index contributed by atoms with van der Waals surface area (Å²) in [6.07, 6.45) is 1.33. The highest BCUT2D eigenvalue weighted by Crippen LogP contribution is 2.29. The number of nitrogens with zero attached hydrogens (tertiary/aromatic N) is 1. The third-order valence-corrected chi connectivity index (χ3v) is 5.47. The van der Waals surface area contributed by atoms with Gasteiger partial charge in [-0.25, -0.2) is 14.1 Å². The van der Waals surface area contributed by atoms with Crippen LogP contribution < -0.4 is 15.0 Å². The lowest BCUT2D eigenvalue weighted by molar-refractivity contribution is -0.122. The van der Waals surface area contributed by atoms with E-state index in [0.717, 1.165) is 17.2 Å². The van der Waals surface area contributed by atoms with E-state index in [-0.39, 0.29) is 17.9 Å². The minimum atomic E-state index is -1.02. The van der Waals surface area contributed by atoms with Gasteiger partial charge in [0.05, 0.1) is 5.69 Å². The Morgan fingerprint density at radius 3 is 2.48 bits per heavy atom. The Kier molecular flexibility index (Phi) is 6.37. The quantitative estimate of drug-likeness (QED) is 0.382. The molecule has 4 amide bonds. The number of para-hydroxylation sites is 1. The van der Waals surface area contributed by atoms with Gasteiger partial charge < -0.3 is 4.74 Å². The second-order valence-corrected chi connectivity index (χ2v) is 8.28. The highest BCUT2D eigenvalue weighted by molar-refractivity contribution is 9.10. The third kappa shape index (κ3) is 4.85. The molecule has 0 saturated carbocycles. The van der Waals surface area contributed by atoms with Crippen LogP contribution in [-0.4, -0.2) is 17.8 Å². The van der Waals surface area contributed by atoms with Gasteiger partial charge >= 0.3 is 6.03 Å². The lowest BCUT2D eigenvalue weighted by atomic mass is 10.1. The molecule has 0 aromatic heterocycles. The first-order valence-electron chi connectivity index (χ1n) is 9.97. The summed E-state index contributed by atoms with van der Waals surface area (Å²) in [6, 6.07) is 17.3. The van der Waals surface area contributed by atoms with Crippen LogP contribution in [-0.2, 0) is 16.2 Å². The number of benzene rings is 3. The molecule has 166 valence electrons. The van der Waals surface area contributed by atoms with Crippen molar-refractivity contribution >= 4 is 45.5 Å². The molecule has 3 aromatic carbocycles. The molecular weight excluding hydrogens is 491 g/mol. The summed E-state index contributed by atoms with van der Waals surface area (Å²) >= 11 is 3.38. The first-order valence-corrected chi connectivity index (χ1v) is 10.8. The van der Waals surface area contributed by atoms with Crippen LogP contribution in [0.15, 0.2) is 76.8 Å². The van der Waals surface area contributed by atoms with Crippen molar-refractivity contribution in [2.45, 2.75) is 13.5 Å². The fourth-order valence-electron chi connectivity index (χ4n) is 3.27. The predicted octanol–water partition coefficient (Wildman–Crippen LogP) is 5.14. The summed E-state index contributed by atoms with van der Waals surface area (Å²) in [7, 11) is 0. The van der Waals surface area contributed by atoms with Crippen molar-refractivity contribution in [3.8, 4) is 5.75 Å². The average molecular weight is 509 g/mol. The van der Waals surface area contributed by atoms with Crippen LogP contribution in [0, 0.1) is 12.7 Å². The van der Waals surface area contributed by atoms with Crippen LogP contribution in [0.25, 0.3) is 6.08 Å². The molecule has 0 bridgehead atoms. The highest BCUT2D eigenvalue weighted by atomic mass is 79.9. The lowest BCUT2D eigenvalue weighted by Crippen LogP contribution is -2.54. The van der Waals surface area contributed by atoms with Crippen LogP contribution in [0.2, 0.25) is 0 Å². The van der Waals surface area contributed by atoms with Crippen LogP contribution in [0.1, 0.15) is 16.7 Å². The topological polar surface area (TPSA) is 75.7 Å². The minimum absolute atomic E-state index is 0.247. The number of urea groups is 1. The van der Waals surface area contributed by atoms with Gasteiger partial charge in [-0.15, -0.1) is 0 Å². The number of barbiturate groups is 1. The Hall–Kier alpha value is -3.78. The zero-order valence-corrected chi connectivity index (χ0v) is 19.1. The molecule has 33 heavy (non-hydrogen) atoms. The van der Waals surface area contributed by atoms with Crippen LogP contribution in [0.5, 0.6) is 5.75 Å². The molecule has 4 rings (SSSR count). The molecule has 6 nitrogen and oxygen atoms in total. The first kappa shape index (κ1) is 22.4. The highest BCUT2D eigenvalue weighted by Gasteiger charge is 2.38. The molecule has 0 spiro atoms. The molecule has 1 fully saturated rings. The van der Waals surface area contributed by atoms with Gasteiger partial charge in [-0.1, -0.05) is 57.9 Å². The number of carbonyl (C=O) groups is 3. The van der Waals surface area contributed by atoms with Crippen molar-refractivity contribution in [2.75, 3.05) is 4.90 Å². The van der Waals surface area contributed by atoms with E-state index in [1.54, 1.807) is 18.2 Å². The lowest BCUT2D eigenvalue weighted by Gasteiger charge is -2.26. The fraction of sp³-hybridized carbons (Fsp3) is 0.0800. The summed E-state index contributed by atoms with van der Waals surface area (Å²) < 4.78 is 20.9. The number of anilines is 1. The number of carbonyl (C=O) groups excluding carboxylic acids is 3. The second-order valence-electron chi connectivity index (χ2n) is 7.37. The van der Waals surface area contributed by atoms with Crippen LogP contribution in [0.3, 0.4) is 0 Å². The maximum Gasteiger partial charge on any atom is 0.336 e. The SMILES string of the molecule is Cc1ccc(COc2ccc(Br)cc2/C=C2/C(=O)NC(=O)N(c3ccccc3F)C2=O)cc1. The Bertz CT molecular complexity index is 1290. The van der Waals surface area contributed by atoms with Crippen molar-refractivity contribution in [3.63, 3.8) is 0 Å². The van der Waals surface area contributed by atoms with Gasteiger partial charge in [-0.3, -0.25) is 14.9 Å². The first-order chi connectivity index (χ1) is 15.8. The maximum atomic E-state index is 14.3. The van der Waals surface area contributed by atoms with E-state index in [4.69, 9.17) is 4.74 Å². The number of ether oxygens (including phenoxy) is 1. The van der Waals surface area contributed by atoms with Crippen LogP contribution in [0.4, 0.5) is 14.9 Å². The van der Waals surface area contributed by atoms with Gasteiger partial charge in [0.2, 0.25) is 0 Å². The summed E-state index contributed by atoms with van der Waals surface area (Å²) in [5.74, 6) is -2.14. The number of imide groups is 2. The Balaban J connectivity index is 1.68. The Morgan fingerprint density at radius 2 is 1.76 bits per heavy atom. The summed E-state index contributed by atoms with van der Waals surface area (Å²) in [4.78, 5) is 38.5. The van der Waals surface area contributed by atoms with Gasteiger partial charge in [-0.2, -0.15) is 0 Å². The molecule has 1 aliphatic heterocycles. The van der Waals surface area contributed by atoms with Crippen molar-refractivity contribution in [1.29, 1.82) is 0 Å². The standard InChI is InChI=1S/C25H18BrFN2O4/c1-15-6-8-16(9-7-15)14-33-22-11-10-18(26)12-17(22)13-19-23(30)28-25(32)29(24(19)31)21-5-3-2-4-20(21)27/h2-13H,14H2,1H3,(H,28,30,32)/b19-13-.